The number of hydrogen-bond donors (Lipinski definition) is 2. The summed E-state index contributed by atoms with van der Waals surface area (Å²) < 4.78 is 5.19. The van der Waals surface area contributed by atoms with E-state index in [0.717, 1.165) is 25.2 Å². The second-order valence-electron chi connectivity index (χ2n) is 5.00. The lowest BCUT2D eigenvalue weighted by molar-refractivity contribution is 0.0103. The average molecular weight is 223 g/mol. The maximum Gasteiger partial charge on any atom is 0.229 e. The molecule has 2 heterocycles. The Kier molecular flexibility index (Phi) is 2.44. The molecule has 2 fully saturated rings. The zero-order valence-electron chi connectivity index (χ0n) is 9.28. The standard InChI is InChI=1S/C11H17N3O2/c15-11(4-1-5-12-7-11)6-9-13-10(14-16-9)8-2-3-8/h8,12,15H,1-7H2. The highest BCUT2D eigenvalue weighted by Crippen LogP contribution is 2.38. The van der Waals surface area contributed by atoms with Gasteiger partial charge in [0.2, 0.25) is 5.89 Å². The third-order valence-corrected chi connectivity index (χ3v) is 3.36. The summed E-state index contributed by atoms with van der Waals surface area (Å²) in [5, 5.41) is 17.5. The lowest BCUT2D eigenvalue weighted by Crippen LogP contribution is -2.47. The molecule has 0 radical (unpaired) electrons. The molecule has 0 amide bonds. The molecule has 1 aromatic heterocycles. The molecular weight excluding hydrogens is 206 g/mol. The van der Waals surface area contributed by atoms with Gasteiger partial charge >= 0.3 is 0 Å². The Morgan fingerprint density at radius 2 is 2.38 bits per heavy atom. The maximum absolute atomic E-state index is 10.3. The summed E-state index contributed by atoms with van der Waals surface area (Å²) in [4.78, 5) is 4.35. The summed E-state index contributed by atoms with van der Waals surface area (Å²) in [6, 6.07) is 0. The van der Waals surface area contributed by atoms with Crippen LogP contribution in [0.2, 0.25) is 0 Å². The quantitative estimate of drug-likeness (QED) is 0.785. The molecule has 5 heteroatoms. The molecule has 0 aromatic carbocycles. The van der Waals surface area contributed by atoms with Crippen molar-refractivity contribution in [3.8, 4) is 0 Å². The first-order valence-corrected chi connectivity index (χ1v) is 6.01. The number of hydrogen-bond acceptors (Lipinski definition) is 5. The van der Waals surface area contributed by atoms with Gasteiger partial charge in [0.05, 0.1) is 12.0 Å². The second-order valence-corrected chi connectivity index (χ2v) is 5.00. The molecule has 1 aliphatic carbocycles. The summed E-state index contributed by atoms with van der Waals surface area (Å²) in [5.41, 5.74) is -0.703. The highest BCUT2D eigenvalue weighted by atomic mass is 16.5. The Balaban J connectivity index is 1.67. The smallest absolute Gasteiger partial charge is 0.229 e. The number of β-amino-alcohol motifs (C(OH)–C–C–N with tert-alkyl or cyclic N) is 1. The van der Waals surface area contributed by atoms with Crippen LogP contribution in [0.4, 0.5) is 0 Å². The van der Waals surface area contributed by atoms with Crippen LogP contribution in [0, 0.1) is 0 Å². The highest BCUT2D eigenvalue weighted by Gasteiger charge is 2.33. The van der Waals surface area contributed by atoms with Gasteiger partial charge in [0.15, 0.2) is 5.82 Å². The topological polar surface area (TPSA) is 71.2 Å². The van der Waals surface area contributed by atoms with E-state index in [9.17, 15) is 5.11 Å². The van der Waals surface area contributed by atoms with Crippen molar-refractivity contribution in [2.45, 2.75) is 43.6 Å². The molecule has 3 rings (SSSR count). The van der Waals surface area contributed by atoms with Crippen LogP contribution in [0.3, 0.4) is 0 Å². The van der Waals surface area contributed by atoms with Crippen molar-refractivity contribution in [3.63, 3.8) is 0 Å². The summed E-state index contributed by atoms with van der Waals surface area (Å²) in [6.45, 7) is 1.60. The first-order valence-electron chi connectivity index (χ1n) is 6.01. The van der Waals surface area contributed by atoms with E-state index in [1.165, 1.54) is 12.8 Å². The number of aromatic nitrogens is 2. The summed E-state index contributed by atoms with van der Waals surface area (Å²) >= 11 is 0. The van der Waals surface area contributed by atoms with Gasteiger partial charge in [-0.1, -0.05) is 5.16 Å². The van der Waals surface area contributed by atoms with Crippen LogP contribution in [-0.2, 0) is 6.42 Å². The second kappa shape index (κ2) is 3.82. The highest BCUT2D eigenvalue weighted by molar-refractivity contribution is 5.05. The van der Waals surface area contributed by atoms with Crippen LogP contribution in [-0.4, -0.2) is 33.9 Å². The van der Waals surface area contributed by atoms with Crippen LogP contribution in [0.1, 0.15) is 43.3 Å². The molecule has 1 aromatic rings. The fourth-order valence-corrected chi connectivity index (χ4v) is 2.23. The number of rotatable bonds is 3. The Labute approximate surface area is 94.2 Å². The van der Waals surface area contributed by atoms with Gasteiger partial charge in [-0.3, -0.25) is 0 Å². The Morgan fingerprint density at radius 1 is 1.50 bits per heavy atom. The normalized spacial score (nSPS) is 30.6. The van der Waals surface area contributed by atoms with E-state index in [0.29, 0.717) is 24.8 Å². The van der Waals surface area contributed by atoms with Crippen molar-refractivity contribution in [1.29, 1.82) is 0 Å². The van der Waals surface area contributed by atoms with Crippen molar-refractivity contribution in [2.24, 2.45) is 0 Å². The van der Waals surface area contributed by atoms with Gasteiger partial charge in [-0.25, -0.2) is 0 Å². The van der Waals surface area contributed by atoms with Gasteiger partial charge in [0.25, 0.3) is 0 Å². The van der Waals surface area contributed by atoms with E-state index in [2.05, 4.69) is 15.5 Å². The molecule has 2 aliphatic rings. The molecule has 0 spiro atoms. The van der Waals surface area contributed by atoms with E-state index in [1.807, 2.05) is 0 Å². The van der Waals surface area contributed by atoms with Gasteiger partial charge in [0, 0.05) is 12.5 Å². The van der Waals surface area contributed by atoms with E-state index < -0.39 is 5.60 Å². The van der Waals surface area contributed by atoms with Crippen LogP contribution in [0.25, 0.3) is 0 Å². The molecule has 16 heavy (non-hydrogen) atoms. The number of piperidine rings is 1. The van der Waals surface area contributed by atoms with Gasteiger partial charge in [-0.15, -0.1) is 0 Å². The van der Waals surface area contributed by atoms with Gasteiger partial charge < -0.3 is 14.9 Å². The van der Waals surface area contributed by atoms with Crippen molar-refractivity contribution in [1.82, 2.24) is 15.5 Å². The van der Waals surface area contributed by atoms with E-state index in [4.69, 9.17) is 4.52 Å². The van der Waals surface area contributed by atoms with E-state index in [-0.39, 0.29) is 0 Å². The molecule has 1 atom stereocenters. The summed E-state index contributed by atoms with van der Waals surface area (Å²) in [7, 11) is 0. The molecule has 0 bridgehead atoms. The average Bonchev–Trinajstić information content (AvgIpc) is 3.02. The number of nitrogens with zero attached hydrogens (tertiary/aromatic N) is 2. The largest absolute Gasteiger partial charge is 0.388 e. The molecule has 5 nitrogen and oxygen atoms in total. The van der Waals surface area contributed by atoms with Gasteiger partial charge in [-0.05, 0) is 32.2 Å². The van der Waals surface area contributed by atoms with Crippen LogP contribution in [0.5, 0.6) is 0 Å². The van der Waals surface area contributed by atoms with Gasteiger partial charge in [-0.2, -0.15) is 4.98 Å². The Hall–Kier alpha value is -0.940. The predicted molar refractivity (Wildman–Crippen MR) is 57.0 cm³/mol. The molecule has 1 saturated carbocycles. The molecular formula is C11H17N3O2. The van der Waals surface area contributed by atoms with Crippen molar-refractivity contribution < 1.29 is 9.63 Å². The minimum Gasteiger partial charge on any atom is -0.388 e. The van der Waals surface area contributed by atoms with E-state index >= 15 is 0 Å². The first-order chi connectivity index (χ1) is 7.75. The van der Waals surface area contributed by atoms with Crippen LogP contribution < -0.4 is 5.32 Å². The Bertz CT molecular complexity index is 367. The zero-order valence-corrected chi connectivity index (χ0v) is 9.28. The van der Waals surface area contributed by atoms with Crippen LogP contribution >= 0.6 is 0 Å². The SMILES string of the molecule is OC1(Cc2nc(C3CC3)no2)CCCNC1. The fourth-order valence-electron chi connectivity index (χ4n) is 2.23. The summed E-state index contributed by atoms with van der Waals surface area (Å²) in [6.07, 6.45) is 4.62. The third kappa shape index (κ3) is 2.10. The lowest BCUT2D eigenvalue weighted by Gasteiger charge is -2.31. The van der Waals surface area contributed by atoms with Crippen LogP contribution in [0.15, 0.2) is 4.52 Å². The molecule has 2 N–H and O–H groups in total. The third-order valence-electron chi connectivity index (χ3n) is 3.36. The minimum absolute atomic E-state index is 0.472. The van der Waals surface area contributed by atoms with E-state index in [1.54, 1.807) is 0 Å². The monoisotopic (exact) mass is 223 g/mol. The molecule has 1 aliphatic heterocycles. The Morgan fingerprint density at radius 3 is 3.06 bits per heavy atom. The lowest BCUT2D eigenvalue weighted by atomic mass is 9.91. The van der Waals surface area contributed by atoms with Gasteiger partial charge in [0.1, 0.15) is 0 Å². The first kappa shape index (κ1) is 10.2. The molecule has 1 unspecified atom stereocenters. The predicted octanol–water partition coefficient (Wildman–Crippen LogP) is 0.604. The zero-order chi connectivity index (χ0) is 11.0. The van der Waals surface area contributed by atoms with Crippen molar-refractivity contribution in [2.75, 3.05) is 13.1 Å². The molecule has 1 saturated heterocycles. The molecule has 88 valence electrons. The summed E-state index contributed by atoms with van der Waals surface area (Å²) in [5.74, 6) is 1.91. The maximum atomic E-state index is 10.3. The van der Waals surface area contributed by atoms with Crippen molar-refractivity contribution >= 4 is 0 Å². The fraction of sp³-hybridized carbons (Fsp3) is 0.818. The number of aliphatic hydroxyl groups is 1. The minimum atomic E-state index is -0.703. The van der Waals surface area contributed by atoms with Crippen molar-refractivity contribution in [3.05, 3.63) is 11.7 Å². The number of nitrogens with one attached hydrogen (secondary N) is 1.